The summed E-state index contributed by atoms with van der Waals surface area (Å²) < 4.78 is 10.9. The molecule has 0 aromatic carbocycles. The van der Waals surface area contributed by atoms with E-state index in [1.807, 2.05) is 6.92 Å². The zero-order chi connectivity index (χ0) is 8.48. The van der Waals surface area contributed by atoms with Gasteiger partial charge in [0.25, 0.3) is 0 Å². The molecule has 65 valence electrons. The van der Waals surface area contributed by atoms with E-state index in [1.165, 1.54) is 0 Å². The molecule has 0 aliphatic carbocycles. The SMILES string of the molecule is COC1(C)[CH]C(C)OC(C)C1. The quantitative estimate of drug-likeness (QED) is 0.577. The average Bonchev–Trinajstić information content (AvgIpc) is 1.84. The summed E-state index contributed by atoms with van der Waals surface area (Å²) in [7, 11) is 1.75. The third kappa shape index (κ3) is 2.17. The molecule has 2 nitrogen and oxygen atoms in total. The van der Waals surface area contributed by atoms with Gasteiger partial charge in [0.05, 0.1) is 17.8 Å². The minimum absolute atomic E-state index is 0.0862. The maximum Gasteiger partial charge on any atom is 0.0732 e. The highest BCUT2D eigenvalue weighted by atomic mass is 16.5. The molecule has 0 bridgehead atoms. The highest BCUT2D eigenvalue weighted by molar-refractivity contribution is 4.99. The second kappa shape index (κ2) is 3.11. The van der Waals surface area contributed by atoms with Gasteiger partial charge in [-0.25, -0.2) is 0 Å². The molecule has 1 fully saturated rings. The van der Waals surface area contributed by atoms with E-state index in [9.17, 15) is 0 Å². The Morgan fingerprint density at radius 2 is 2.18 bits per heavy atom. The van der Waals surface area contributed by atoms with Crippen LogP contribution in [0.4, 0.5) is 0 Å². The predicted octanol–water partition coefficient (Wildman–Crippen LogP) is 1.79. The van der Waals surface area contributed by atoms with E-state index in [0.717, 1.165) is 6.42 Å². The second-order valence-corrected chi connectivity index (χ2v) is 3.54. The van der Waals surface area contributed by atoms with Crippen molar-refractivity contribution in [3.05, 3.63) is 6.42 Å². The minimum atomic E-state index is -0.0862. The Morgan fingerprint density at radius 3 is 2.64 bits per heavy atom. The van der Waals surface area contributed by atoms with Crippen LogP contribution in [0.1, 0.15) is 27.2 Å². The highest BCUT2D eigenvalue weighted by Gasteiger charge is 2.34. The van der Waals surface area contributed by atoms with Crippen molar-refractivity contribution < 1.29 is 9.47 Å². The lowest BCUT2D eigenvalue weighted by atomic mass is 9.89. The van der Waals surface area contributed by atoms with Gasteiger partial charge in [0.2, 0.25) is 0 Å². The Hall–Kier alpha value is -0.0800. The van der Waals surface area contributed by atoms with E-state index in [4.69, 9.17) is 9.47 Å². The van der Waals surface area contributed by atoms with Gasteiger partial charge in [-0.05, 0) is 20.8 Å². The third-order valence-corrected chi connectivity index (χ3v) is 2.19. The van der Waals surface area contributed by atoms with E-state index in [0.29, 0.717) is 6.10 Å². The first-order chi connectivity index (χ1) is 5.06. The lowest BCUT2D eigenvalue weighted by molar-refractivity contribution is -0.0985. The molecule has 1 heterocycles. The summed E-state index contributed by atoms with van der Waals surface area (Å²) in [6, 6.07) is 0. The lowest BCUT2D eigenvalue weighted by Crippen LogP contribution is -2.43. The molecule has 0 N–H and O–H groups in total. The summed E-state index contributed by atoms with van der Waals surface area (Å²) in [5, 5.41) is 0. The fourth-order valence-corrected chi connectivity index (χ4v) is 1.74. The van der Waals surface area contributed by atoms with E-state index in [-0.39, 0.29) is 11.7 Å². The monoisotopic (exact) mass is 157 g/mol. The summed E-state index contributed by atoms with van der Waals surface area (Å²) in [6.45, 7) is 6.23. The summed E-state index contributed by atoms with van der Waals surface area (Å²) in [4.78, 5) is 0. The first-order valence-corrected chi connectivity index (χ1v) is 4.12. The van der Waals surface area contributed by atoms with Crippen LogP contribution in [0.2, 0.25) is 0 Å². The summed E-state index contributed by atoms with van der Waals surface area (Å²) in [6.07, 6.45) is 3.59. The largest absolute Gasteiger partial charge is 0.378 e. The van der Waals surface area contributed by atoms with E-state index in [1.54, 1.807) is 7.11 Å². The number of ether oxygens (including phenoxy) is 2. The van der Waals surface area contributed by atoms with Crippen LogP contribution in [0, 0.1) is 6.42 Å². The molecule has 3 atom stereocenters. The average molecular weight is 157 g/mol. The minimum Gasteiger partial charge on any atom is -0.378 e. The molecule has 0 spiro atoms. The molecule has 3 unspecified atom stereocenters. The van der Waals surface area contributed by atoms with Gasteiger partial charge in [0.1, 0.15) is 0 Å². The Labute approximate surface area is 68.9 Å². The van der Waals surface area contributed by atoms with Gasteiger partial charge in [-0.1, -0.05) is 0 Å². The van der Waals surface area contributed by atoms with Crippen molar-refractivity contribution in [1.82, 2.24) is 0 Å². The molecule has 0 aromatic heterocycles. The molecule has 1 aliphatic heterocycles. The first kappa shape index (κ1) is 9.01. The van der Waals surface area contributed by atoms with Crippen LogP contribution < -0.4 is 0 Å². The van der Waals surface area contributed by atoms with E-state index in [2.05, 4.69) is 20.3 Å². The third-order valence-electron chi connectivity index (χ3n) is 2.19. The molecule has 0 saturated carbocycles. The van der Waals surface area contributed by atoms with Crippen LogP contribution in [0.25, 0.3) is 0 Å². The molecule has 1 radical (unpaired) electrons. The molecule has 1 aliphatic rings. The number of hydrogen-bond acceptors (Lipinski definition) is 2. The molecule has 0 amide bonds. The summed E-state index contributed by atoms with van der Waals surface area (Å²) in [5.41, 5.74) is -0.0862. The molecular formula is C9H17O2. The zero-order valence-corrected chi connectivity index (χ0v) is 7.76. The Morgan fingerprint density at radius 1 is 1.55 bits per heavy atom. The van der Waals surface area contributed by atoms with E-state index >= 15 is 0 Å². The maximum atomic E-state index is 5.55. The highest BCUT2D eigenvalue weighted by Crippen LogP contribution is 2.29. The number of rotatable bonds is 1. The van der Waals surface area contributed by atoms with Crippen LogP contribution in [-0.4, -0.2) is 24.9 Å². The Kier molecular flexibility index (Phi) is 2.55. The Balaban J connectivity index is 2.55. The molecule has 1 rings (SSSR count). The van der Waals surface area contributed by atoms with Crippen LogP contribution in [0.15, 0.2) is 0 Å². The predicted molar refractivity (Wildman–Crippen MR) is 44.3 cm³/mol. The molecule has 11 heavy (non-hydrogen) atoms. The van der Waals surface area contributed by atoms with Crippen molar-refractivity contribution in [3.63, 3.8) is 0 Å². The second-order valence-electron chi connectivity index (χ2n) is 3.54. The fourth-order valence-electron chi connectivity index (χ4n) is 1.74. The molecule has 0 aromatic rings. The topological polar surface area (TPSA) is 18.5 Å². The zero-order valence-electron chi connectivity index (χ0n) is 7.76. The summed E-state index contributed by atoms with van der Waals surface area (Å²) in [5.74, 6) is 0. The van der Waals surface area contributed by atoms with Gasteiger partial charge in [-0.15, -0.1) is 0 Å². The summed E-state index contributed by atoms with van der Waals surface area (Å²) >= 11 is 0. The molecular weight excluding hydrogens is 140 g/mol. The van der Waals surface area contributed by atoms with Crippen molar-refractivity contribution in [2.45, 2.75) is 45.0 Å². The fraction of sp³-hybridized carbons (Fsp3) is 0.889. The number of methoxy groups -OCH3 is 1. The Bertz CT molecular complexity index is 124. The van der Waals surface area contributed by atoms with Crippen molar-refractivity contribution in [3.8, 4) is 0 Å². The lowest BCUT2D eigenvalue weighted by Gasteiger charge is -2.38. The van der Waals surface area contributed by atoms with Gasteiger partial charge >= 0.3 is 0 Å². The van der Waals surface area contributed by atoms with Gasteiger partial charge in [0.15, 0.2) is 0 Å². The van der Waals surface area contributed by atoms with E-state index < -0.39 is 0 Å². The van der Waals surface area contributed by atoms with Gasteiger partial charge in [0, 0.05) is 20.0 Å². The molecule has 1 saturated heterocycles. The standard InChI is InChI=1S/C9H17O2/c1-7-5-9(3,10-4)6-8(2)11-7/h5,7-8H,6H2,1-4H3. The van der Waals surface area contributed by atoms with Crippen molar-refractivity contribution in [1.29, 1.82) is 0 Å². The maximum absolute atomic E-state index is 5.55. The van der Waals surface area contributed by atoms with Gasteiger partial charge < -0.3 is 9.47 Å². The molecule has 2 heteroatoms. The van der Waals surface area contributed by atoms with Crippen molar-refractivity contribution in [2.24, 2.45) is 0 Å². The number of hydrogen-bond donors (Lipinski definition) is 0. The van der Waals surface area contributed by atoms with Gasteiger partial charge in [-0.3, -0.25) is 0 Å². The van der Waals surface area contributed by atoms with Crippen LogP contribution in [0.3, 0.4) is 0 Å². The smallest absolute Gasteiger partial charge is 0.0732 e. The van der Waals surface area contributed by atoms with Gasteiger partial charge in [-0.2, -0.15) is 0 Å². The van der Waals surface area contributed by atoms with Crippen molar-refractivity contribution in [2.75, 3.05) is 7.11 Å². The first-order valence-electron chi connectivity index (χ1n) is 4.12. The van der Waals surface area contributed by atoms with Crippen LogP contribution in [-0.2, 0) is 9.47 Å². The normalized spacial score (nSPS) is 45.8. The van der Waals surface area contributed by atoms with Crippen molar-refractivity contribution >= 4 is 0 Å². The van der Waals surface area contributed by atoms with Crippen LogP contribution in [0.5, 0.6) is 0 Å². The van der Waals surface area contributed by atoms with Crippen LogP contribution >= 0.6 is 0 Å².